The van der Waals surface area contributed by atoms with E-state index in [1.54, 1.807) is 6.92 Å². The monoisotopic (exact) mass is 166 g/mol. The first kappa shape index (κ1) is 6.53. The minimum atomic E-state index is -1.08. The van der Waals surface area contributed by atoms with Crippen LogP contribution < -0.4 is 4.74 Å². The number of para-hydroxylation sites is 1. The fourth-order valence-electron chi connectivity index (χ4n) is 0.956. The van der Waals surface area contributed by atoms with Crippen LogP contribution in [0.4, 0.5) is 0 Å². The van der Waals surface area contributed by atoms with Crippen LogP contribution in [0.1, 0.15) is 28.9 Å². The fraction of sp³-hybridized carbons (Fsp3) is 0.455. The van der Waals surface area contributed by atoms with E-state index in [0.717, 1.165) is 12.2 Å². The van der Waals surface area contributed by atoms with Crippen molar-refractivity contribution in [2.75, 3.05) is 6.61 Å². The first-order valence-electron chi connectivity index (χ1n) is 5.26. The third-order valence-corrected chi connectivity index (χ3v) is 1.58. The summed E-state index contributed by atoms with van der Waals surface area (Å²) in [5.41, 5.74) is 0. The maximum Gasteiger partial charge on any atom is 0.119 e. The quantitative estimate of drug-likeness (QED) is 0.610. The summed E-state index contributed by atoms with van der Waals surface area (Å²) >= 11 is 0. The molecule has 0 aliphatic heterocycles. The molecule has 1 rings (SSSR count). The predicted molar refractivity (Wildman–Crippen MR) is 51.5 cm³/mol. The van der Waals surface area contributed by atoms with Gasteiger partial charge in [0.25, 0.3) is 0 Å². The van der Waals surface area contributed by atoms with Crippen molar-refractivity contribution >= 4 is 0 Å². The molecule has 0 aliphatic rings. The van der Waals surface area contributed by atoms with E-state index in [1.165, 1.54) is 0 Å². The van der Waals surface area contributed by atoms with Gasteiger partial charge in [0.15, 0.2) is 0 Å². The van der Waals surface area contributed by atoms with E-state index in [4.69, 9.17) is 7.48 Å². The third kappa shape index (κ3) is 3.42. The van der Waals surface area contributed by atoms with Crippen molar-refractivity contribution in [3.05, 3.63) is 30.3 Å². The Labute approximate surface area is 77.2 Å². The Bertz CT molecular complexity index is 254. The molecule has 0 aromatic heterocycles. The summed E-state index contributed by atoms with van der Waals surface area (Å²) < 4.78 is 20.1. The highest BCUT2D eigenvalue weighted by atomic mass is 16.5. The molecule has 0 heterocycles. The van der Waals surface area contributed by atoms with Crippen molar-refractivity contribution in [2.45, 2.75) is 26.1 Å². The van der Waals surface area contributed by atoms with Gasteiger partial charge in [0, 0.05) is 2.74 Å². The number of hydrogen-bond donors (Lipinski definition) is 0. The van der Waals surface area contributed by atoms with Crippen LogP contribution in [0.5, 0.6) is 5.75 Å². The number of hydrogen-bond acceptors (Lipinski definition) is 1. The molecule has 1 aromatic carbocycles. The van der Waals surface area contributed by atoms with Gasteiger partial charge in [-0.05, 0) is 18.6 Å². The highest BCUT2D eigenvalue weighted by Crippen LogP contribution is 2.08. The molecule has 66 valence electrons. The van der Waals surface area contributed by atoms with Gasteiger partial charge < -0.3 is 4.74 Å². The molecule has 1 nitrogen and oxygen atoms in total. The van der Waals surface area contributed by atoms with Crippen LogP contribution in [0.3, 0.4) is 0 Å². The van der Waals surface area contributed by atoms with E-state index in [2.05, 4.69) is 0 Å². The molecule has 0 amide bonds. The average molecular weight is 166 g/mol. The molecule has 12 heavy (non-hydrogen) atoms. The molecule has 1 aromatic rings. The highest BCUT2D eigenvalue weighted by Gasteiger charge is 1.89. The first-order valence-corrected chi connectivity index (χ1v) is 4.26. The summed E-state index contributed by atoms with van der Waals surface area (Å²) in [4.78, 5) is 0. The van der Waals surface area contributed by atoms with E-state index in [9.17, 15) is 0 Å². The summed E-state index contributed by atoms with van der Waals surface area (Å²) in [6, 6.07) is 9.60. The molecule has 1 heteroatoms. The number of rotatable bonds is 5. The summed E-state index contributed by atoms with van der Waals surface area (Å²) in [6.07, 6.45) is 0.207. The lowest BCUT2D eigenvalue weighted by molar-refractivity contribution is 0.306. The van der Waals surface area contributed by atoms with Crippen molar-refractivity contribution in [1.82, 2.24) is 0 Å². The van der Waals surface area contributed by atoms with Gasteiger partial charge in [-0.1, -0.05) is 37.9 Å². The Balaban J connectivity index is 2.17. The Morgan fingerprint density at radius 2 is 2.00 bits per heavy atom. The van der Waals surface area contributed by atoms with Crippen molar-refractivity contribution in [2.24, 2.45) is 0 Å². The molecular weight excluding hydrogens is 148 g/mol. The van der Waals surface area contributed by atoms with Gasteiger partial charge in [0.2, 0.25) is 0 Å². The van der Waals surface area contributed by atoms with Crippen molar-refractivity contribution < 1.29 is 7.48 Å². The second-order valence-electron chi connectivity index (χ2n) is 2.62. The topological polar surface area (TPSA) is 9.23 Å². The Kier molecular flexibility index (Phi) is 3.07. The van der Waals surface area contributed by atoms with E-state index in [0.29, 0.717) is 13.0 Å². The molecule has 0 saturated heterocycles. The summed E-state index contributed by atoms with van der Waals surface area (Å²) in [5.74, 6) is 0.851. The molecule has 0 saturated carbocycles. The molecule has 0 unspecified atom stereocenters. The Morgan fingerprint density at radius 1 is 1.25 bits per heavy atom. The largest absolute Gasteiger partial charge is 0.494 e. The Hall–Kier alpha value is -0.980. The maximum absolute atomic E-state index is 7.33. The molecular formula is C11H16O. The highest BCUT2D eigenvalue weighted by molar-refractivity contribution is 5.20. The Morgan fingerprint density at radius 3 is 2.67 bits per heavy atom. The van der Waals surface area contributed by atoms with Crippen LogP contribution in [-0.2, 0) is 0 Å². The average Bonchev–Trinajstić information content (AvgIpc) is 2.13. The SMILES string of the molecule is [2H]C([2H])(C)CCCOc1ccccc1. The maximum atomic E-state index is 7.33. The molecule has 0 bridgehead atoms. The van der Waals surface area contributed by atoms with E-state index in [-0.39, 0.29) is 0 Å². The first-order chi connectivity index (χ1) is 6.58. The second kappa shape index (κ2) is 5.64. The lowest BCUT2D eigenvalue weighted by Crippen LogP contribution is -1.96. The van der Waals surface area contributed by atoms with Gasteiger partial charge in [0.05, 0.1) is 6.61 Å². The smallest absolute Gasteiger partial charge is 0.119 e. The molecule has 0 N–H and O–H groups in total. The van der Waals surface area contributed by atoms with Gasteiger partial charge in [-0.3, -0.25) is 0 Å². The summed E-state index contributed by atoms with van der Waals surface area (Å²) in [7, 11) is 0. The van der Waals surface area contributed by atoms with Gasteiger partial charge in [-0.2, -0.15) is 0 Å². The fourth-order valence-corrected chi connectivity index (χ4v) is 0.956. The van der Waals surface area contributed by atoms with Crippen molar-refractivity contribution in [3.63, 3.8) is 0 Å². The van der Waals surface area contributed by atoms with Crippen LogP contribution >= 0.6 is 0 Å². The second-order valence-corrected chi connectivity index (χ2v) is 2.62. The zero-order chi connectivity index (χ0) is 10.4. The van der Waals surface area contributed by atoms with E-state index >= 15 is 0 Å². The standard InChI is InChI=1S/C11H16O/c1-2-3-7-10-12-11-8-5-4-6-9-11/h4-6,8-9H,2-3,7,10H2,1H3/i2D2. The number of benzene rings is 1. The van der Waals surface area contributed by atoms with E-state index in [1.807, 2.05) is 30.3 Å². The molecule has 0 atom stereocenters. The molecule has 0 radical (unpaired) electrons. The van der Waals surface area contributed by atoms with Crippen LogP contribution in [0, 0.1) is 0 Å². The molecule has 0 aliphatic carbocycles. The van der Waals surface area contributed by atoms with Crippen molar-refractivity contribution in [3.8, 4) is 5.75 Å². The minimum Gasteiger partial charge on any atom is -0.494 e. The van der Waals surface area contributed by atoms with Gasteiger partial charge in [0.1, 0.15) is 5.75 Å². The summed E-state index contributed by atoms with van der Waals surface area (Å²) in [5, 5.41) is 0. The zero-order valence-electron chi connectivity index (χ0n) is 9.42. The molecule has 0 fully saturated rings. The lowest BCUT2D eigenvalue weighted by Gasteiger charge is -2.04. The lowest BCUT2D eigenvalue weighted by atomic mass is 10.3. The van der Waals surface area contributed by atoms with Crippen molar-refractivity contribution in [1.29, 1.82) is 0 Å². The van der Waals surface area contributed by atoms with Crippen LogP contribution in [0.25, 0.3) is 0 Å². The third-order valence-electron chi connectivity index (χ3n) is 1.58. The molecule has 0 spiro atoms. The predicted octanol–water partition coefficient (Wildman–Crippen LogP) is 3.26. The summed E-state index contributed by atoms with van der Waals surface area (Å²) in [6.45, 7) is 2.17. The van der Waals surface area contributed by atoms with Crippen LogP contribution in [0.15, 0.2) is 30.3 Å². The van der Waals surface area contributed by atoms with Gasteiger partial charge in [-0.25, -0.2) is 0 Å². The minimum absolute atomic E-state index is 0.542. The van der Waals surface area contributed by atoms with Crippen LogP contribution in [0.2, 0.25) is 0 Å². The zero-order valence-corrected chi connectivity index (χ0v) is 7.42. The van der Waals surface area contributed by atoms with Gasteiger partial charge >= 0.3 is 0 Å². The van der Waals surface area contributed by atoms with E-state index < -0.39 is 6.37 Å². The van der Waals surface area contributed by atoms with Gasteiger partial charge in [-0.15, -0.1) is 0 Å². The van der Waals surface area contributed by atoms with Crippen LogP contribution in [-0.4, -0.2) is 6.61 Å². The number of ether oxygens (including phenoxy) is 1. The normalized spacial score (nSPS) is 13.4.